The van der Waals surface area contributed by atoms with Gasteiger partial charge in [-0.15, -0.1) is 0 Å². The van der Waals surface area contributed by atoms with Crippen molar-refractivity contribution in [2.45, 2.75) is 40.7 Å². The van der Waals surface area contributed by atoms with Gasteiger partial charge in [0, 0.05) is 31.9 Å². The molecule has 0 saturated carbocycles. The maximum absolute atomic E-state index is 12.5. The maximum atomic E-state index is 12.5. The van der Waals surface area contributed by atoms with Crippen molar-refractivity contribution >= 4 is 11.6 Å². The molecule has 4 nitrogen and oxygen atoms in total. The van der Waals surface area contributed by atoms with Crippen LogP contribution in [0.4, 0.5) is 5.69 Å². The summed E-state index contributed by atoms with van der Waals surface area (Å²) in [6, 6.07) is 5.98. The molecule has 1 saturated heterocycles. The summed E-state index contributed by atoms with van der Waals surface area (Å²) in [7, 11) is 0. The van der Waals surface area contributed by atoms with Gasteiger partial charge in [0.15, 0.2) is 0 Å². The van der Waals surface area contributed by atoms with E-state index in [4.69, 9.17) is 5.73 Å². The molecule has 22 heavy (non-hydrogen) atoms. The highest BCUT2D eigenvalue weighted by Crippen LogP contribution is 2.25. The number of nitrogens with zero attached hydrogens (tertiary/aromatic N) is 2. The first-order valence-electron chi connectivity index (χ1n) is 8.07. The van der Waals surface area contributed by atoms with E-state index in [1.807, 2.05) is 25.7 Å². The van der Waals surface area contributed by atoms with Gasteiger partial charge in [0.05, 0.1) is 6.04 Å². The van der Waals surface area contributed by atoms with Gasteiger partial charge in [-0.25, -0.2) is 0 Å². The summed E-state index contributed by atoms with van der Waals surface area (Å²) in [6.07, 6.45) is 0. The Hall–Kier alpha value is -1.55. The lowest BCUT2D eigenvalue weighted by molar-refractivity contribution is -0.135. The van der Waals surface area contributed by atoms with Crippen LogP contribution in [0.3, 0.4) is 0 Å². The largest absolute Gasteiger partial charge is 0.368 e. The van der Waals surface area contributed by atoms with E-state index in [0.717, 1.165) is 26.2 Å². The molecule has 0 spiro atoms. The van der Waals surface area contributed by atoms with Crippen LogP contribution in [0.5, 0.6) is 0 Å². The van der Waals surface area contributed by atoms with E-state index < -0.39 is 6.04 Å². The standard InChI is InChI=1S/C18H29N3O/c1-13-7-6-8-15(14(13)2)20-9-11-21(12-10-20)17(22)16(19)18(3,4)5/h6-8,16H,9-12,19H2,1-5H3/t16-/m1/s1. The molecule has 122 valence electrons. The zero-order valence-electron chi connectivity index (χ0n) is 14.5. The monoisotopic (exact) mass is 303 g/mol. The van der Waals surface area contributed by atoms with Crippen LogP contribution in [0.1, 0.15) is 31.9 Å². The van der Waals surface area contributed by atoms with Gasteiger partial charge in [0.2, 0.25) is 5.91 Å². The van der Waals surface area contributed by atoms with Crippen molar-refractivity contribution in [3.63, 3.8) is 0 Å². The number of rotatable bonds is 2. The molecule has 2 rings (SSSR count). The van der Waals surface area contributed by atoms with E-state index in [1.165, 1.54) is 16.8 Å². The van der Waals surface area contributed by atoms with Crippen molar-refractivity contribution in [2.75, 3.05) is 31.1 Å². The Labute approximate surface area is 134 Å². The van der Waals surface area contributed by atoms with E-state index in [9.17, 15) is 4.79 Å². The third kappa shape index (κ3) is 3.43. The molecular formula is C18H29N3O. The Morgan fingerprint density at radius 1 is 1.14 bits per heavy atom. The van der Waals surface area contributed by atoms with Gasteiger partial charge in [-0.2, -0.15) is 0 Å². The highest BCUT2D eigenvalue weighted by atomic mass is 16.2. The third-order valence-corrected chi connectivity index (χ3v) is 4.71. The number of hydrogen-bond acceptors (Lipinski definition) is 3. The number of hydrogen-bond donors (Lipinski definition) is 1. The second kappa shape index (κ2) is 6.29. The minimum Gasteiger partial charge on any atom is -0.368 e. The maximum Gasteiger partial charge on any atom is 0.240 e. The predicted octanol–water partition coefficient (Wildman–Crippen LogP) is 2.33. The van der Waals surface area contributed by atoms with Crippen molar-refractivity contribution in [1.29, 1.82) is 0 Å². The van der Waals surface area contributed by atoms with Gasteiger partial charge < -0.3 is 15.5 Å². The second-order valence-corrected chi connectivity index (χ2v) is 7.38. The number of aryl methyl sites for hydroxylation is 1. The van der Waals surface area contributed by atoms with E-state index in [0.29, 0.717) is 0 Å². The lowest BCUT2D eigenvalue weighted by atomic mass is 9.86. The fourth-order valence-corrected chi connectivity index (χ4v) is 2.81. The number of amides is 1. The smallest absolute Gasteiger partial charge is 0.240 e. The van der Waals surface area contributed by atoms with E-state index >= 15 is 0 Å². The molecule has 0 aliphatic carbocycles. The van der Waals surface area contributed by atoms with Gasteiger partial charge in [-0.3, -0.25) is 4.79 Å². The van der Waals surface area contributed by atoms with Crippen LogP contribution in [0.2, 0.25) is 0 Å². The number of anilines is 1. The average molecular weight is 303 g/mol. The van der Waals surface area contributed by atoms with Crippen LogP contribution < -0.4 is 10.6 Å². The number of carbonyl (C=O) groups is 1. The molecular weight excluding hydrogens is 274 g/mol. The SMILES string of the molecule is Cc1cccc(N2CCN(C(=O)[C@@H](N)C(C)(C)C)CC2)c1C. The zero-order valence-corrected chi connectivity index (χ0v) is 14.5. The molecule has 4 heteroatoms. The van der Waals surface area contributed by atoms with Gasteiger partial charge in [0.1, 0.15) is 0 Å². The number of benzene rings is 1. The van der Waals surface area contributed by atoms with Crippen LogP contribution in [0, 0.1) is 19.3 Å². The van der Waals surface area contributed by atoms with Crippen LogP contribution in [0.15, 0.2) is 18.2 Å². The van der Waals surface area contributed by atoms with E-state index in [1.54, 1.807) is 0 Å². The summed E-state index contributed by atoms with van der Waals surface area (Å²) >= 11 is 0. The molecule has 1 heterocycles. The van der Waals surface area contributed by atoms with Crippen LogP contribution in [-0.4, -0.2) is 43.0 Å². The molecule has 1 aliphatic rings. The highest BCUT2D eigenvalue weighted by molar-refractivity contribution is 5.82. The van der Waals surface area contributed by atoms with Gasteiger partial charge >= 0.3 is 0 Å². The zero-order chi connectivity index (χ0) is 16.5. The topological polar surface area (TPSA) is 49.6 Å². The lowest BCUT2D eigenvalue weighted by Crippen LogP contribution is -2.56. The minimum atomic E-state index is -0.431. The Morgan fingerprint density at radius 2 is 1.73 bits per heavy atom. The number of piperazine rings is 1. The van der Waals surface area contributed by atoms with Gasteiger partial charge in [-0.1, -0.05) is 32.9 Å². The predicted molar refractivity (Wildman–Crippen MR) is 92.1 cm³/mol. The second-order valence-electron chi connectivity index (χ2n) is 7.38. The first kappa shape index (κ1) is 16.8. The molecule has 0 bridgehead atoms. The van der Waals surface area contributed by atoms with Gasteiger partial charge in [-0.05, 0) is 36.5 Å². The Morgan fingerprint density at radius 3 is 2.27 bits per heavy atom. The molecule has 1 atom stereocenters. The average Bonchev–Trinajstić information content (AvgIpc) is 2.48. The Kier molecular flexibility index (Phi) is 4.81. The van der Waals surface area contributed by atoms with Crippen molar-refractivity contribution in [2.24, 2.45) is 11.1 Å². The fourth-order valence-electron chi connectivity index (χ4n) is 2.81. The fraction of sp³-hybridized carbons (Fsp3) is 0.611. The molecule has 1 amide bonds. The molecule has 1 aromatic carbocycles. The Balaban J connectivity index is 2.02. The van der Waals surface area contributed by atoms with Crippen molar-refractivity contribution < 1.29 is 4.79 Å². The van der Waals surface area contributed by atoms with Crippen LogP contribution in [-0.2, 0) is 4.79 Å². The van der Waals surface area contributed by atoms with E-state index in [-0.39, 0.29) is 11.3 Å². The summed E-state index contributed by atoms with van der Waals surface area (Å²) in [6.45, 7) is 13.6. The normalized spacial score (nSPS) is 17.5. The molecule has 0 radical (unpaired) electrons. The summed E-state index contributed by atoms with van der Waals surface area (Å²) in [5.74, 6) is 0.0770. The minimum absolute atomic E-state index is 0.0770. The molecule has 1 aliphatic heterocycles. The van der Waals surface area contributed by atoms with Crippen LogP contribution in [0.25, 0.3) is 0 Å². The van der Waals surface area contributed by atoms with Crippen molar-refractivity contribution in [3.05, 3.63) is 29.3 Å². The molecule has 0 unspecified atom stereocenters. The van der Waals surface area contributed by atoms with E-state index in [2.05, 4.69) is 36.9 Å². The highest BCUT2D eigenvalue weighted by Gasteiger charge is 2.32. The van der Waals surface area contributed by atoms with Crippen molar-refractivity contribution in [1.82, 2.24) is 4.90 Å². The van der Waals surface area contributed by atoms with Crippen molar-refractivity contribution in [3.8, 4) is 0 Å². The molecule has 1 aromatic rings. The first-order valence-corrected chi connectivity index (χ1v) is 8.07. The number of carbonyl (C=O) groups excluding carboxylic acids is 1. The summed E-state index contributed by atoms with van der Waals surface area (Å²) in [5.41, 5.74) is 9.84. The Bertz CT molecular complexity index is 540. The summed E-state index contributed by atoms with van der Waals surface area (Å²) in [5, 5.41) is 0. The number of nitrogens with two attached hydrogens (primary N) is 1. The lowest BCUT2D eigenvalue weighted by Gasteiger charge is -2.39. The van der Waals surface area contributed by atoms with Gasteiger partial charge in [0.25, 0.3) is 0 Å². The summed E-state index contributed by atoms with van der Waals surface area (Å²) < 4.78 is 0. The van der Waals surface area contributed by atoms with Crippen LogP contribution >= 0.6 is 0 Å². The summed E-state index contributed by atoms with van der Waals surface area (Å²) in [4.78, 5) is 16.8. The molecule has 0 aromatic heterocycles. The molecule has 1 fully saturated rings. The first-order chi connectivity index (χ1) is 10.2. The quantitative estimate of drug-likeness (QED) is 0.912. The molecule has 2 N–H and O–H groups in total. The third-order valence-electron chi connectivity index (χ3n) is 4.71.